The highest BCUT2D eigenvalue weighted by Gasteiger charge is 2.48. The van der Waals surface area contributed by atoms with Crippen LogP contribution in [0.4, 0.5) is 0 Å². The normalized spacial score (nSPS) is 29.3. The van der Waals surface area contributed by atoms with E-state index in [4.69, 9.17) is 15.2 Å². The molecule has 18 heavy (non-hydrogen) atoms. The van der Waals surface area contributed by atoms with Crippen molar-refractivity contribution in [3.8, 4) is 0 Å². The van der Waals surface area contributed by atoms with E-state index in [2.05, 4.69) is 25.7 Å². The van der Waals surface area contributed by atoms with Crippen LogP contribution < -0.4 is 5.73 Å². The van der Waals surface area contributed by atoms with Gasteiger partial charge in [-0.25, -0.2) is 0 Å². The first kappa shape index (κ1) is 15.9. The maximum atomic E-state index is 6.05. The predicted molar refractivity (Wildman–Crippen MR) is 74.8 cm³/mol. The fourth-order valence-corrected chi connectivity index (χ4v) is 2.99. The van der Waals surface area contributed by atoms with Crippen molar-refractivity contribution in [3.63, 3.8) is 0 Å². The van der Waals surface area contributed by atoms with E-state index >= 15 is 0 Å². The summed E-state index contributed by atoms with van der Waals surface area (Å²) in [7, 11) is 1.76. The molecule has 0 aromatic rings. The van der Waals surface area contributed by atoms with Crippen molar-refractivity contribution in [2.24, 2.45) is 5.73 Å². The van der Waals surface area contributed by atoms with Gasteiger partial charge in [0.15, 0.2) is 0 Å². The fourth-order valence-electron chi connectivity index (χ4n) is 2.99. The van der Waals surface area contributed by atoms with Gasteiger partial charge < -0.3 is 15.2 Å². The molecule has 0 spiro atoms. The molecule has 1 aliphatic rings. The molecule has 0 aromatic heterocycles. The number of hydrogen-bond acceptors (Lipinski definition) is 4. The molecule has 1 aliphatic carbocycles. The van der Waals surface area contributed by atoms with E-state index < -0.39 is 0 Å². The monoisotopic (exact) mass is 258 g/mol. The van der Waals surface area contributed by atoms with Crippen LogP contribution in [0.2, 0.25) is 0 Å². The Morgan fingerprint density at radius 3 is 2.50 bits per heavy atom. The molecule has 0 aliphatic heterocycles. The lowest BCUT2D eigenvalue weighted by Gasteiger charge is -2.55. The minimum absolute atomic E-state index is 0.133. The highest BCUT2D eigenvalue weighted by Crippen LogP contribution is 2.40. The molecule has 1 saturated carbocycles. The van der Waals surface area contributed by atoms with E-state index in [1.165, 1.54) is 0 Å². The summed E-state index contributed by atoms with van der Waals surface area (Å²) in [6, 6.07) is 0.547. The van der Waals surface area contributed by atoms with Crippen LogP contribution in [0, 0.1) is 0 Å². The van der Waals surface area contributed by atoms with Crippen LogP contribution in [0.1, 0.15) is 40.0 Å². The molecule has 108 valence electrons. The van der Waals surface area contributed by atoms with Crippen LogP contribution in [0.25, 0.3) is 0 Å². The van der Waals surface area contributed by atoms with Crippen LogP contribution in [-0.2, 0) is 9.47 Å². The van der Waals surface area contributed by atoms with Gasteiger partial charge in [-0.2, -0.15) is 0 Å². The SMILES string of the molecule is CCOC1CC(CN)(N(CCOC)C(C)CC)C1. The number of methoxy groups -OCH3 is 1. The molecule has 1 rings (SSSR count). The molecule has 0 saturated heterocycles. The molecule has 0 aromatic carbocycles. The summed E-state index contributed by atoms with van der Waals surface area (Å²) in [6.07, 6.45) is 3.66. The number of rotatable bonds is 9. The maximum Gasteiger partial charge on any atom is 0.0611 e. The first-order valence-corrected chi connectivity index (χ1v) is 7.20. The first-order valence-electron chi connectivity index (χ1n) is 7.20. The standard InChI is InChI=1S/C14H30N2O2/c1-5-12(3)16(7-8-17-4)14(11-15)9-13(10-14)18-6-2/h12-13H,5-11,15H2,1-4H3. The summed E-state index contributed by atoms with van der Waals surface area (Å²) in [5, 5.41) is 0. The van der Waals surface area contributed by atoms with Crippen molar-refractivity contribution in [3.05, 3.63) is 0 Å². The number of ether oxygens (including phenoxy) is 2. The van der Waals surface area contributed by atoms with Gasteiger partial charge in [0.05, 0.1) is 12.7 Å². The summed E-state index contributed by atoms with van der Waals surface area (Å²) < 4.78 is 10.9. The Labute approximate surface area is 112 Å². The molecule has 4 heteroatoms. The topological polar surface area (TPSA) is 47.7 Å². The molecule has 1 atom stereocenters. The second-order valence-electron chi connectivity index (χ2n) is 5.36. The van der Waals surface area contributed by atoms with Crippen molar-refractivity contribution in [2.75, 3.05) is 33.4 Å². The van der Waals surface area contributed by atoms with Gasteiger partial charge in [0.2, 0.25) is 0 Å². The van der Waals surface area contributed by atoms with Gasteiger partial charge in [-0.15, -0.1) is 0 Å². The summed E-state index contributed by atoms with van der Waals surface area (Å²) in [6.45, 7) is 9.80. The van der Waals surface area contributed by atoms with Crippen LogP contribution in [0.3, 0.4) is 0 Å². The summed E-state index contributed by atoms with van der Waals surface area (Å²) in [5.74, 6) is 0. The Morgan fingerprint density at radius 1 is 1.39 bits per heavy atom. The van der Waals surface area contributed by atoms with Crippen molar-refractivity contribution in [1.29, 1.82) is 0 Å². The van der Waals surface area contributed by atoms with Crippen LogP contribution >= 0.6 is 0 Å². The van der Waals surface area contributed by atoms with Gasteiger partial charge in [-0.3, -0.25) is 4.90 Å². The maximum absolute atomic E-state index is 6.05. The van der Waals surface area contributed by atoms with Gasteiger partial charge in [0, 0.05) is 38.4 Å². The zero-order valence-corrected chi connectivity index (χ0v) is 12.4. The van der Waals surface area contributed by atoms with Gasteiger partial charge >= 0.3 is 0 Å². The Bertz CT molecular complexity index is 230. The average molecular weight is 258 g/mol. The van der Waals surface area contributed by atoms with E-state index in [9.17, 15) is 0 Å². The lowest BCUT2D eigenvalue weighted by Crippen LogP contribution is -2.66. The lowest BCUT2D eigenvalue weighted by molar-refractivity contribution is -0.115. The zero-order valence-electron chi connectivity index (χ0n) is 12.4. The third-order valence-electron chi connectivity index (χ3n) is 4.27. The second kappa shape index (κ2) is 7.43. The highest BCUT2D eigenvalue weighted by molar-refractivity contribution is 5.05. The fraction of sp³-hybridized carbons (Fsp3) is 1.00. The first-order chi connectivity index (χ1) is 8.63. The van der Waals surface area contributed by atoms with E-state index in [1.807, 2.05) is 0 Å². The van der Waals surface area contributed by atoms with Gasteiger partial charge in [0.1, 0.15) is 0 Å². The minimum Gasteiger partial charge on any atom is -0.383 e. The lowest BCUT2D eigenvalue weighted by atomic mass is 9.72. The van der Waals surface area contributed by atoms with Crippen LogP contribution in [-0.4, -0.2) is 56.0 Å². The van der Waals surface area contributed by atoms with Crippen molar-refractivity contribution in [1.82, 2.24) is 4.90 Å². The van der Waals surface area contributed by atoms with Crippen molar-refractivity contribution >= 4 is 0 Å². The van der Waals surface area contributed by atoms with Gasteiger partial charge in [0.25, 0.3) is 0 Å². The van der Waals surface area contributed by atoms with E-state index in [1.54, 1.807) is 7.11 Å². The summed E-state index contributed by atoms with van der Waals surface area (Å²) in [5.41, 5.74) is 6.19. The van der Waals surface area contributed by atoms with Crippen LogP contribution in [0.15, 0.2) is 0 Å². The summed E-state index contributed by atoms with van der Waals surface area (Å²) in [4.78, 5) is 2.53. The van der Waals surface area contributed by atoms with Crippen molar-refractivity contribution < 1.29 is 9.47 Å². The van der Waals surface area contributed by atoms with E-state index in [0.717, 1.165) is 39.0 Å². The zero-order chi connectivity index (χ0) is 13.6. The van der Waals surface area contributed by atoms with E-state index in [-0.39, 0.29) is 5.54 Å². The average Bonchev–Trinajstić information content (AvgIpc) is 2.34. The molecule has 2 N–H and O–H groups in total. The number of nitrogens with two attached hydrogens (primary N) is 1. The predicted octanol–water partition coefficient (Wildman–Crippen LogP) is 1.63. The highest BCUT2D eigenvalue weighted by atomic mass is 16.5. The summed E-state index contributed by atoms with van der Waals surface area (Å²) >= 11 is 0. The molecule has 1 fully saturated rings. The molecule has 0 bridgehead atoms. The Balaban J connectivity index is 2.63. The Hall–Kier alpha value is -0.160. The number of hydrogen-bond donors (Lipinski definition) is 1. The number of nitrogens with zero attached hydrogens (tertiary/aromatic N) is 1. The van der Waals surface area contributed by atoms with Crippen LogP contribution in [0.5, 0.6) is 0 Å². The largest absolute Gasteiger partial charge is 0.383 e. The molecule has 0 heterocycles. The van der Waals surface area contributed by atoms with Gasteiger partial charge in [-0.05, 0) is 33.1 Å². The second-order valence-corrected chi connectivity index (χ2v) is 5.36. The third kappa shape index (κ3) is 3.44. The molecular weight excluding hydrogens is 228 g/mol. The Morgan fingerprint density at radius 2 is 2.06 bits per heavy atom. The molecule has 4 nitrogen and oxygen atoms in total. The minimum atomic E-state index is 0.133. The smallest absolute Gasteiger partial charge is 0.0611 e. The van der Waals surface area contributed by atoms with Crippen molar-refractivity contribution in [2.45, 2.75) is 57.7 Å². The molecule has 0 radical (unpaired) electrons. The third-order valence-corrected chi connectivity index (χ3v) is 4.27. The molecule has 1 unspecified atom stereocenters. The molecule has 0 amide bonds. The van der Waals surface area contributed by atoms with E-state index in [0.29, 0.717) is 18.7 Å². The van der Waals surface area contributed by atoms with Gasteiger partial charge in [-0.1, -0.05) is 6.92 Å². The Kier molecular flexibility index (Phi) is 6.57. The quantitative estimate of drug-likeness (QED) is 0.683. The molecular formula is C14H30N2O2.